The van der Waals surface area contributed by atoms with Crippen LogP contribution in [0.1, 0.15) is 83.5 Å². The third-order valence-electron chi connectivity index (χ3n) is 6.46. The van der Waals surface area contributed by atoms with Crippen molar-refractivity contribution in [2.45, 2.75) is 83.5 Å². The zero-order valence-electron chi connectivity index (χ0n) is 15.9. The van der Waals surface area contributed by atoms with Crippen molar-refractivity contribution in [3.63, 3.8) is 0 Å². The van der Waals surface area contributed by atoms with Gasteiger partial charge in [0.25, 0.3) is 0 Å². The molecule has 0 aliphatic heterocycles. The molecule has 2 fully saturated rings. The highest BCUT2D eigenvalue weighted by atomic mass is 19.1. The number of unbranched alkanes of at least 4 members (excludes halogenated alkanes) is 1. The molecule has 0 aromatic carbocycles. The Hall–Kier alpha value is -0.370. The molecule has 1 nitrogen and oxygen atoms in total. The first kappa shape index (κ1) is 19.9. The number of rotatable bonds is 10. The van der Waals surface area contributed by atoms with Crippen LogP contribution in [0.4, 0.5) is 4.39 Å². The fourth-order valence-corrected chi connectivity index (χ4v) is 4.75. The summed E-state index contributed by atoms with van der Waals surface area (Å²) in [7, 11) is 1.84. The monoisotopic (exact) mass is 338 g/mol. The molecular formula is C22H39FO. The predicted molar refractivity (Wildman–Crippen MR) is 101 cm³/mol. The minimum absolute atomic E-state index is 0.177. The molecule has 0 saturated heterocycles. The van der Waals surface area contributed by atoms with Crippen LogP contribution in [0.2, 0.25) is 0 Å². The zero-order valence-corrected chi connectivity index (χ0v) is 15.9. The molecule has 2 aliphatic carbocycles. The van der Waals surface area contributed by atoms with E-state index in [1.807, 2.05) is 7.11 Å². The van der Waals surface area contributed by atoms with Crippen LogP contribution in [0, 0.1) is 23.7 Å². The van der Waals surface area contributed by atoms with E-state index in [9.17, 15) is 4.39 Å². The number of hydrogen-bond donors (Lipinski definition) is 0. The first-order valence-electron chi connectivity index (χ1n) is 10.5. The van der Waals surface area contributed by atoms with Gasteiger partial charge in [-0.1, -0.05) is 50.7 Å². The second-order valence-electron chi connectivity index (χ2n) is 8.34. The first-order valence-corrected chi connectivity index (χ1v) is 10.5. The van der Waals surface area contributed by atoms with Crippen molar-refractivity contribution in [1.82, 2.24) is 0 Å². The fraction of sp³-hybridized carbons (Fsp3) is 0.909. The van der Waals surface area contributed by atoms with Gasteiger partial charge in [0.05, 0.1) is 6.67 Å². The maximum absolute atomic E-state index is 12.0. The van der Waals surface area contributed by atoms with Gasteiger partial charge in [0, 0.05) is 13.7 Å². The molecular weight excluding hydrogens is 299 g/mol. The summed E-state index contributed by atoms with van der Waals surface area (Å²) in [5.74, 6) is 3.72. The van der Waals surface area contributed by atoms with Crippen LogP contribution in [0.25, 0.3) is 0 Å². The number of ether oxygens (including phenoxy) is 1. The van der Waals surface area contributed by atoms with Crippen LogP contribution < -0.4 is 0 Å². The van der Waals surface area contributed by atoms with E-state index in [0.717, 1.165) is 36.7 Å². The number of alkyl halides is 1. The summed E-state index contributed by atoms with van der Waals surface area (Å²) in [6.45, 7) is 0.794. The molecule has 0 bridgehead atoms. The molecule has 2 aliphatic rings. The summed E-state index contributed by atoms with van der Waals surface area (Å²) in [6, 6.07) is 0. The predicted octanol–water partition coefficient (Wildman–Crippen LogP) is 6.72. The summed E-state index contributed by atoms with van der Waals surface area (Å²) in [4.78, 5) is 0. The van der Waals surface area contributed by atoms with E-state index in [0.29, 0.717) is 6.42 Å². The molecule has 24 heavy (non-hydrogen) atoms. The number of methoxy groups -OCH3 is 1. The third-order valence-corrected chi connectivity index (χ3v) is 6.46. The first-order chi connectivity index (χ1) is 11.8. The summed E-state index contributed by atoms with van der Waals surface area (Å²) in [6.07, 6.45) is 21.6. The van der Waals surface area contributed by atoms with Crippen LogP contribution in [0.3, 0.4) is 0 Å². The maximum atomic E-state index is 12.0. The summed E-state index contributed by atoms with van der Waals surface area (Å²) >= 11 is 0. The zero-order chi connectivity index (χ0) is 17.0. The van der Waals surface area contributed by atoms with Gasteiger partial charge < -0.3 is 4.74 Å². The van der Waals surface area contributed by atoms with Crippen molar-refractivity contribution >= 4 is 0 Å². The lowest BCUT2D eigenvalue weighted by Crippen LogP contribution is -2.20. The smallest absolute Gasteiger partial charge is 0.0897 e. The standard InChI is InChI=1S/C22H39FO/c1-24-18-22-15-13-21(14-16-22)12-11-20-9-7-19(8-10-20)6-4-2-3-5-17-23/h2,4,19-22H,3,5-18H2,1H3/b4-2+. The lowest BCUT2D eigenvalue weighted by molar-refractivity contribution is 0.115. The Balaban J connectivity index is 1.51. The Kier molecular flexibility index (Phi) is 10.0. The molecule has 0 unspecified atom stereocenters. The highest BCUT2D eigenvalue weighted by Gasteiger charge is 2.24. The third kappa shape index (κ3) is 7.68. The van der Waals surface area contributed by atoms with Gasteiger partial charge in [-0.15, -0.1) is 0 Å². The summed E-state index contributed by atoms with van der Waals surface area (Å²) in [5.41, 5.74) is 0. The minimum Gasteiger partial charge on any atom is -0.384 e. The SMILES string of the molecule is COCC1CCC(CCC2CCC(C/C=C/CCCF)CC2)CC1. The van der Waals surface area contributed by atoms with Gasteiger partial charge in [-0.05, 0) is 68.6 Å². The number of allylic oxidation sites excluding steroid dienone is 2. The van der Waals surface area contributed by atoms with E-state index < -0.39 is 0 Å². The molecule has 0 spiro atoms. The molecule has 0 atom stereocenters. The van der Waals surface area contributed by atoms with Gasteiger partial charge in [0.1, 0.15) is 0 Å². The molecule has 0 aromatic heterocycles. The van der Waals surface area contributed by atoms with Gasteiger partial charge >= 0.3 is 0 Å². The van der Waals surface area contributed by atoms with Crippen molar-refractivity contribution in [2.24, 2.45) is 23.7 Å². The molecule has 0 aromatic rings. The van der Waals surface area contributed by atoms with Crippen molar-refractivity contribution in [3.8, 4) is 0 Å². The van der Waals surface area contributed by atoms with Gasteiger partial charge in [0.15, 0.2) is 0 Å². The van der Waals surface area contributed by atoms with E-state index in [2.05, 4.69) is 12.2 Å². The summed E-state index contributed by atoms with van der Waals surface area (Å²) < 4.78 is 17.3. The lowest BCUT2D eigenvalue weighted by Gasteiger charge is -2.31. The van der Waals surface area contributed by atoms with E-state index in [-0.39, 0.29) is 6.67 Å². The molecule has 0 amide bonds. The molecule has 2 saturated carbocycles. The average Bonchev–Trinajstić information content (AvgIpc) is 2.62. The van der Waals surface area contributed by atoms with Crippen molar-refractivity contribution in [1.29, 1.82) is 0 Å². The van der Waals surface area contributed by atoms with Crippen LogP contribution in [-0.2, 0) is 4.74 Å². The second-order valence-corrected chi connectivity index (χ2v) is 8.34. The highest BCUT2D eigenvalue weighted by Crippen LogP contribution is 2.37. The van der Waals surface area contributed by atoms with Gasteiger partial charge in [-0.2, -0.15) is 0 Å². The Labute approximate surface area is 149 Å². The second kappa shape index (κ2) is 12.1. The minimum atomic E-state index is -0.177. The average molecular weight is 339 g/mol. The Morgan fingerprint density at radius 3 is 1.88 bits per heavy atom. The molecule has 0 heterocycles. The van der Waals surface area contributed by atoms with Crippen molar-refractivity contribution in [2.75, 3.05) is 20.4 Å². The van der Waals surface area contributed by atoms with Gasteiger partial charge in [0.2, 0.25) is 0 Å². The highest BCUT2D eigenvalue weighted by molar-refractivity contribution is 4.86. The Morgan fingerprint density at radius 2 is 1.33 bits per heavy atom. The molecule has 2 rings (SSSR count). The fourth-order valence-electron chi connectivity index (χ4n) is 4.75. The Morgan fingerprint density at radius 1 is 0.792 bits per heavy atom. The van der Waals surface area contributed by atoms with E-state index in [1.54, 1.807) is 0 Å². The lowest BCUT2D eigenvalue weighted by atomic mass is 9.75. The van der Waals surface area contributed by atoms with Gasteiger partial charge in [-0.25, -0.2) is 0 Å². The van der Waals surface area contributed by atoms with E-state index in [1.165, 1.54) is 70.6 Å². The van der Waals surface area contributed by atoms with Crippen molar-refractivity contribution in [3.05, 3.63) is 12.2 Å². The van der Waals surface area contributed by atoms with Crippen LogP contribution >= 0.6 is 0 Å². The maximum Gasteiger partial charge on any atom is 0.0897 e. The molecule has 140 valence electrons. The Bertz CT molecular complexity index is 325. The molecule has 2 heteroatoms. The van der Waals surface area contributed by atoms with E-state index in [4.69, 9.17) is 4.74 Å². The topological polar surface area (TPSA) is 9.23 Å². The number of halogens is 1. The number of hydrogen-bond acceptors (Lipinski definition) is 1. The molecule has 0 radical (unpaired) electrons. The van der Waals surface area contributed by atoms with Crippen molar-refractivity contribution < 1.29 is 9.13 Å². The summed E-state index contributed by atoms with van der Waals surface area (Å²) in [5, 5.41) is 0. The van der Waals surface area contributed by atoms with Gasteiger partial charge in [-0.3, -0.25) is 4.39 Å². The van der Waals surface area contributed by atoms with Crippen LogP contribution in [0.5, 0.6) is 0 Å². The largest absolute Gasteiger partial charge is 0.384 e. The molecule has 0 N–H and O–H groups in total. The van der Waals surface area contributed by atoms with Crippen LogP contribution in [0.15, 0.2) is 12.2 Å². The van der Waals surface area contributed by atoms with Crippen LogP contribution in [-0.4, -0.2) is 20.4 Å². The normalized spacial score (nSPS) is 31.6. The van der Waals surface area contributed by atoms with E-state index >= 15 is 0 Å². The quantitative estimate of drug-likeness (QED) is 0.317.